The third-order valence-electron chi connectivity index (χ3n) is 5.46. The molecular formula is C22H34F2N8O. The molecule has 9 nitrogen and oxygen atoms in total. The van der Waals surface area contributed by atoms with Gasteiger partial charge in [-0.05, 0) is 30.9 Å². The number of ether oxygens (including phenoxy) is 1. The second kappa shape index (κ2) is 10.3. The van der Waals surface area contributed by atoms with Crippen LogP contribution in [0, 0.1) is 5.92 Å². The topological polar surface area (TPSA) is 111 Å². The molecule has 0 spiro atoms. The minimum Gasteiger partial charge on any atom is -0.469 e. The average molecular weight is 465 g/mol. The monoisotopic (exact) mass is 464 g/mol. The van der Waals surface area contributed by atoms with E-state index >= 15 is 0 Å². The first-order chi connectivity index (χ1) is 15.6. The highest BCUT2D eigenvalue weighted by Crippen LogP contribution is 2.32. The first-order valence-corrected chi connectivity index (χ1v) is 11.2. The molecule has 4 N–H and O–H groups in total. The molecule has 2 aromatic rings. The molecular weight excluding hydrogens is 430 g/mol. The largest absolute Gasteiger partial charge is 0.469 e. The van der Waals surface area contributed by atoms with Crippen molar-refractivity contribution in [3.05, 3.63) is 35.4 Å². The number of pyridine rings is 1. The zero-order valence-corrected chi connectivity index (χ0v) is 19.8. The molecule has 3 rings (SSSR count). The Morgan fingerprint density at radius 3 is 2.73 bits per heavy atom. The fourth-order valence-corrected chi connectivity index (χ4v) is 3.83. The van der Waals surface area contributed by atoms with Gasteiger partial charge in [0.05, 0.1) is 41.2 Å². The molecule has 11 heteroatoms. The van der Waals surface area contributed by atoms with Gasteiger partial charge in [-0.15, -0.1) is 0 Å². The summed E-state index contributed by atoms with van der Waals surface area (Å²) in [5, 5.41) is 9.44. The number of hydrazine groups is 1. The summed E-state index contributed by atoms with van der Waals surface area (Å²) >= 11 is 0. The lowest BCUT2D eigenvalue weighted by molar-refractivity contribution is -0.0117. The molecule has 2 aromatic heterocycles. The summed E-state index contributed by atoms with van der Waals surface area (Å²) in [4.78, 5) is 6.38. The van der Waals surface area contributed by atoms with E-state index < -0.39 is 5.92 Å². The van der Waals surface area contributed by atoms with Crippen molar-refractivity contribution in [1.82, 2.24) is 25.0 Å². The van der Waals surface area contributed by atoms with Crippen molar-refractivity contribution in [2.45, 2.75) is 52.5 Å². The van der Waals surface area contributed by atoms with Crippen LogP contribution in [-0.4, -0.2) is 57.7 Å². The number of likely N-dealkylation sites (N-methyl/N-ethyl adjacent to an activating group) is 1. The Morgan fingerprint density at radius 1 is 1.33 bits per heavy atom. The smallest absolute Gasteiger partial charge is 0.265 e. The van der Waals surface area contributed by atoms with E-state index in [1.807, 2.05) is 13.0 Å². The van der Waals surface area contributed by atoms with Crippen molar-refractivity contribution in [3.63, 3.8) is 0 Å². The van der Waals surface area contributed by atoms with Gasteiger partial charge < -0.3 is 20.4 Å². The molecule has 3 heterocycles. The van der Waals surface area contributed by atoms with Gasteiger partial charge in [0.2, 0.25) is 0 Å². The molecule has 1 aliphatic heterocycles. The van der Waals surface area contributed by atoms with E-state index in [2.05, 4.69) is 29.1 Å². The number of halogens is 2. The Morgan fingerprint density at radius 2 is 2.09 bits per heavy atom. The third kappa shape index (κ3) is 6.31. The highest BCUT2D eigenvalue weighted by molar-refractivity contribution is 5.65. The number of anilines is 1. The minimum atomic E-state index is -2.69. The molecule has 0 aliphatic carbocycles. The Labute approximate surface area is 193 Å². The number of hydrogen-bond acceptors (Lipinski definition) is 8. The van der Waals surface area contributed by atoms with Gasteiger partial charge in [0.25, 0.3) is 11.8 Å². The van der Waals surface area contributed by atoms with Crippen molar-refractivity contribution >= 4 is 11.4 Å². The van der Waals surface area contributed by atoms with Crippen molar-refractivity contribution < 1.29 is 13.5 Å². The second-order valence-electron chi connectivity index (χ2n) is 8.83. The first-order valence-electron chi connectivity index (χ1n) is 11.2. The summed E-state index contributed by atoms with van der Waals surface area (Å²) in [6.07, 6.45) is 2.67. The number of hydrogen-bond donors (Lipinski definition) is 2. The highest BCUT2D eigenvalue weighted by atomic mass is 19.3. The van der Waals surface area contributed by atoms with Gasteiger partial charge in [0, 0.05) is 26.6 Å². The van der Waals surface area contributed by atoms with Crippen LogP contribution in [0.4, 0.5) is 14.5 Å². The van der Waals surface area contributed by atoms with Crippen LogP contribution in [-0.2, 0) is 13.0 Å². The quantitative estimate of drug-likeness (QED) is 0.430. The lowest BCUT2D eigenvalue weighted by atomic mass is 10.1. The van der Waals surface area contributed by atoms with E-state index in [4.69, 9.17) is 16.3 Å². The van der Waals surface area contributed by atoms with Crippen LogP contribution in [0.15, 0.2) is 24.0 Å². The molecule has 0 atom stereocenters. The van der Waals surface area contributed by atoms with E-state index in [0.717, 1.165) is 6.54 Å². The molecule has 1 fully saturated rings. The van der Waals surface area contributed by atoms with Crippen LogP contribution >= 0.6 is 0 Å². The zero-order valence-electron chi connectivity index (χ0n) is 19.8. The maximum atomic E-state index is 13.9. The third-order valence-corrected chi connectivity index (χ3v) is 5.46. The minimum absolute atomic E-state index is 0.0719. The van der Waals surface area contributed by atoms with Gasteiger partial charge in [-0.3, -0.25) is 0 Å². The lowest BCUT2D eigenvalue weighted by Crippen LogP contribution is -2.43. The number of aromatic nitrogens is 4. The van der Waals surface area contributed by atoms with Crippen molar-refractivity contribution in [2.24, 2.45) is 17.5 Å². The molecule has 0 unspecified atom stereocenters. The molecule has 0 bridgehead atoms. The van der Waals surface area contributed by atoms with Crippen LogP contribution in [0.2, 0.25) is 0 Å². The second-order valence-corrected chi connectivity index (χ2v) is 8.83. The van der Waals surface area contributed by atoms with E-state index in [1.54, 1.807) is 28.9 Å². The van der Waals surface area contributed by atoms with Crippen LogP contribution in [0.3, 0.4) is 0 Å². The highest BCUT2D eigenvalue weighted by Gasteiger charge is 2.36. The van der Waals surface area contributed by atoms with E-state index in [1.165, 1.54) is 5.01 Å². The SMILES string of the molecule is CCc1nc(/C(N)=C(\COc2cn(CC(C)C)nn2)N(C)N)ccc1N1CCCC(F)(F)C1. The molecule has 1 saturated heterocycles. The van der Waals surface area contributed by atoms with E-state index in [0.29, 0.717) is 59.7 Å². The number of rotatable bonds is 9. The Hall–Kier alpha value is -2.95. The number of aryl methyl sites for hydroxylation is 1. The first kappa shape index (κ1) is 24.7. The van der Waals surface area contributed by atoms with Crippen molar-refractivity contribution in [3.8, 4) is 5.88 Å². The number of piperidine rings is 1. The van der Waals surface area contributed by atoms with Gasteiger partial charge in [0.1, 0.15) is 6.61 Å². The summed E-state index contributed by atoms with van der Waals surface area (Å²) in [5.74, 6) is 4.12. The normalized spacial score (nSPS) is 16.7. The molecule has 0 radical (unpaired) electrons. The maximum Gasteiger partial charge on any atom is 0.265 e. The number of alkyl halides is 2. The molecule has 1 aliphatic rings. The zero-order chi connectivity index (χ0) is 24.2. The van der Waals surface area contributed by atoms with Crippen LogP contribution in [0.5, 0.6) is 5.88 Å². The molecule has 182 valence electrons. The van der Waals surface area contributed by atoms with Crippen LogP contribution in [0.1, 0.15) is 45.0 Å². The van der Waals surface area contributed by atoms with E-state index in [-0.39, 0.29) is 19.6 Å². The van der Waals surface area contributed by atoms with Crippen molar-refractivity contribution in [1.29, 1.82) is 0 Å². The standard InChI is InChI=1S/C22H34F2N8O/c1-5-16-18(31-10-6-9-22(23,24)14-31)8-7-17(27-16)21(25)19(30(4)26)13-33-20-12-32(29-28-20)11-15(2)3/h7-8,12,15H,5-6,9-11,13-14,25-26H2,1-4H3/b21-19-. The van der Waals surface area contributed by atoms with E-state index in [9.17, 15) is 8.78 Å². The van der Waals surface area contributed by atoms with Gasteiger partial charge in [-0.2, -0.15) is 0 Å². The maximum absolute atomic E-state index is 13.9. The lowest BCUT2D eigenvalue weighted by Gasteiger charge is -2.35. The molecule has 0 amide bonds. The van der Waals surface area contributed by atoms with Gasteiger partial charge in [-0.1, -0.05) is 31.1 Å². The Balaban J connectivity index is 1.81. The number of nitrogens with two attached hydrogens (primary N) is 2. The molecule has 0 saturated carbocycles. The summed E-state index contributed by atoms with van der Waals surface area (Å²) in [7, 11) is 1.66. The van der Waals surface area contributed by atoms with Gasteiger partial charge in [0.15, 0.2) is 0 Å². The summed E-state index contributed by atoms with van der Waals surface area (Å²) in [6, 6.07) is 3.54. The molecule has 33 heavy (non-hydrogen) atoms. The molecule has 0 aromatic carbocycles. The summed E-state index contributed by atoms with van der Waals surface area (Å²) < 4.78 is 35.3. The Bertz CT molecular complexity index is 973. The summed E-state index contributed by atoms with van der Waals surface area (Å²) in [6.45, 7) is 7.21. The average Bonchev–Trinajstić information content (AvgIpc) is 3.18. The fraction of sp³-hybridized carbons (Fsp3) is 0.591. The Kier molecular flexibility index (Phi) is 7.72. The predicted octanol–water partition coefficient (Wildman–Crippen LogP) is 2.64. The van der Waals surface area contributed by atoms with Crippen LogP contribution < -0.4 is 21.2 Å². The van der Waals surface area contributed by atoms with Crippen molar-refractivity contribution in [2.75, 3.05) is 31.6 Å². The predicted molar refractivity (Wildman–Crippen MR) is 123 cm³/mol. The van der Waals surface area contributed by atoms with Gasteiger partial charge >= 0.3 is 0 Å². The summed E-state index contributed by atoms with van der Waals surface area (Å²) in [5.41, 5.74) is 9.21. The van der Waals surface area contributed by atoms with Crippen LogP contribution in [0.25, 0.3) is 5.70 Å². The number of nitrogens with zero attached hydrogens (tertiary/aromatic N) is 6. The fourth-order valence-electron chi connectivity index (χ4n) is 3.83. The van der Waals surface area contributed by atoms with Gasteiger partial charge in [-0.25, -0.2) is 24.3 Å².